The van der Waals surface area contributed by atoms with Gasteiger partial charge >= 0.3 is 16.3 Å². The van der Waals surface area contributed by atoms with Crippen molar-refractivity contribution in [3.63, 3.8) is 0 Å². The van der Waals surface area contributed by atoms with Gasteiger partial charge in [-0.25, -0.2) is 18.3 Å². The van der Waals surface area contributed by atoms with Crippen molar-refractivity contribution in [3.8, 4) is 0 Å². The lowest BCUT2D eigenvalue weighted by molar-refractivity contribution is 0.121. The van der Waals surface area contributed by atoms with Crippen LogP contribution in [0, 0.1) is 11.6 Å². The molecule has 1 aromatic rings. The van der Waals surface area contributed by atoms with Crippen molar-refractivity contribution < 1.29 is 26.7 Å². The fourth-order valence-corrected chi connectivity index (χ4v) is 2.20. The second kappa shape index (κ2) is 6.35. The van der Waals surface area contributed by atoms with E-state index in [1.165, 1.54) is 18.6 Å². The van der Waals surface area contributed by atoms with Crippen molar-refractivity contribution in [3.05, 3.63) is 28.2 Å². The minimum atomic E-state index is -4.43. The maximum atomic E-state index is 13.4. The number of carbonyl (C=O) groups is 1. The van der Waals surface area contributed by atoms with Gasteiger partial charge in [-0.2, -0.15) is 8.42 Å². The zero-order valence-corrected chi connectivity index (χ0v) is 12.8. The highest BCUT2D eigenvalue weighted by Gasteiger charge is 2.19. The summed E-state index contributed by atoms with van der Waals surface area (Å²) < 4.78 is 57.3. The van der Waals surface area contributed by atoms with Crippen molar-refractivity contribution in [2.45, 2.75) is 20.0 Å². The van der Waals surface area contributed by atoms with E-state index < -0.39 is 39.7 Å². The maximum Gasteiger partial charge on any atom is 0.422 e. The third-order valence-electron chi connectivity index (χ3n) is 1.81. The third kappa shape index (κ3) is 4.93. The summed E-state index contributed by atoms with van der Waals surface area (Å²) in [6.07, 6.45) is -1.77. The van der Waals surface area contributed by atoms with Crippen LogP contribution in [0.25, 0.3) is 0 Å². The highest BCUT2D eigenvalue weighted by atomic mass is 79.9. The lowest BCUT2D eigenvalue weighted by Gasteiger charge is -2.12. The largest absolute Gasteiger partial charge is 0.446 e. The van der Waals surface area contributed by atoms with Crippen LogP contribution in [0.1, 0.15) is 13.8 Å². The average molecular weight is 373 g/mol. The Kier molecular flexibility index (Phi) is 5.28. The standard InChI is InChI=1S/C10H11BrF2N2O4S/c1-5(2)19-10(16)15-20(17,18)14-9-4-7(12)6(11)3-8(9)13/h3-5,14H,1-2H3,(H,15,16). The molecule has 0 bridgehead atoms. The van der Waals surface area contributed by atoms with Gasteiger partial charge < -0.3 is 4.74 Å². The minimum Gasteiger partial charge on any atom is -0.446 e. The van der Waals surface area contributed by atoms with Gasteiger partial charge in [-0.05, 0) is 35.8 Å². The van der Waals surface area contributed by atoms with Gasteiger partial charge in [0.05, 0.1) is 16.3 Å². The van der Waals surface area contributed by atoms with Gasteiger partial charge in [0.25, 0.3) is 0 Å². The third-order valence-corrected chi connectivity index (χ3v) is 3.35. The number of nitrogens with one attached hydrogen (secondary N) is 2. The second-order valence-electron chi connectivity index (χ2n) is 3.91. The van der Waals surface area contributed by atoms with Gasteiger partial charge in [0.15, 0.2) is 0 Å². The van der Waals surface area contributed by atoms with E-state index in [4.69, 9.17) is 0 Å². The molecule has 0 unspecified atom stereocenters. The van der Waals surface area contributed by atoms with Gasteiger partial charge in [-0.3, -0.25) is 4.72 Å². The molecule has 6 nitrogen and oxygen atoms in total. The van der Waals surface area contributed by atoms with Crippen LogP contribution in [0.2, 0.25) is 0 Å². The van der Waals surface area contributed by atoms with Gasteiger partial charge in [0, 0.05) is 6.07 Å². The first kappa shape index (κ1) is 16.6. The number of amides is 1. The Morgan fingerprint density at radius 3 is 2.45 bits per heavy atom. The van der Waals surface area contributed by atoms with Crippen LogP contribution in [0.3, 0.4) is 0 Å². The lowest BCUT2D eigenvalue weighted by Crippen LogP contribution is -2.37. The number of rotatable bonds is 4. The lowest BCUT2D eigenvalue weighted by atomic mass is 10.3. The Morgan fingerprint density at radius 2 is 1.90 bits per heavy atom. The first-order valence-corrected chi connectivity index (χ1v) is 7.54. The van der Waals surface area contributed by atoms with Gasteiger partial charge in [-0.1, -0.05) is 0 Å². The zero-order valence-electron chi connectivity index (χ0n) is 10.4. The molecule has 0 saturated heterocycles. The van der Waals surface area contributed by atoms with E-state index in [0.717, 1.165) is 6.07 Å². The Balaban J connectivity index is 2.87. The average Bonchev–Trinajstić information content (AvgIpc) is 2.23. The number of benzene rings is 1. The fraction of sp³-hybridized carbons (Fsp3) is 0.300. The number of carbonyl (C=O) groups excluding carboxylic acids is 1. The highest BCUT2D eigenvalue weighted by molar-refractivity contribution is 9.10. The molecule has 1 amide bonds. The van der Waals surface area contributed by atoms with Crippen molar-refractivity contribution in [1.29, 1.82) is 0 Å². The second-order valence-corrected chi connectivity index (χ2v) is 6.18. The van der Waals surface area contributed by atoms with E-state index in [2.05, 4.69) is 20.7 Å². The summed E-state index contributed by atoms with van der Waals surface area (Å²) in [5.74, 6) is -1.88. The molecule has 0 saturated carbocycles. The summed E-state index contributed by atoms with van der Waals surface area (Å²) in [7, 11) is -4.43. The Morgan fingerprint density at radius 1 is 1.30 bits per heavy atom. The van der Waals surface area contributed by atoms with Gasteiger partial charge in [0.2, 0.25) is 0 Å². The number of hydrogen-bond donors (Lipinski definition) is 2. The van der Waals surface area contributed by atoms with E-state index in [0.29, 0.717) is 6.07 Å². The van der Waals surface area contributed by atoms with Crippen molar-refractivity contribution in [2.75, 3.05) is 4.72 Å². The molecule has 0 fully saturated rings. The van der Waals surface area contributed by atoms with Crippen LogP contribution in [0.15, 0.2) is 16.6 Å². The molecule has 0 atom stereocenters. The predicted octanol–water partition coefficient (Wildman–Crippen LogP) is 2.52. The molecule has 10 heteroatoms. The smallest absolute Gasteiger partial charge is 0.422 e. The molecule has 20 heavy (non-hydrogen) atoms. The van der Waals surface area contributed by atoms with Crippen LogP contribution in [-0.4, -0.2) is 20.6 Å². The SMILES string of the molecule is CC(C)OC(=O)NS(=O)(=O)Nc1cc(F)c(Br)cc1F. The fourth-order valence-electron chi connectivity index (χ4n) is 1.12. The molecule has 0 radical (unpaired) electrons. The summed E-state index contributed by atoms with van der Waals surface area (Å²) in [5, 5.41) is 0. The normalized spacial score (nSPS) is 11.3. The quantitative estimate of drug-likeness (QED) is 0.795. The van der Waals surface area contributed by atoms with Crippen molar-refractivity contribution >= 4 is 37.9 Å². The minimum absolute atomic E-state index is 0.162. The molecular formula is C10H11BrF2N2O4S. The molecule has 0 heterocycles. The monoisotopic (exact) mass is 372 g/mol. The van der Waals surface area contributed by atoms with Crippen LogP contribution in [-0.2, 0) is 14.9 Å². The van der Waals surface area contributed by atoms with E-state index in [1.807, 2.05) is 0 Å². The summed E-state index contributed by atoms with van der Waals surface area (Å²) >= 11 is 2.75. The summed E-state index contributed by atoms with van der Waals surface area (Å²) in [6.45, 7) is 3.03. The molecular weight excluding hydrogens is 362 g/mol. The molecule has 0 aliphatic heterocycles. The summed E-state index contributed by atoms with van der Waals surface area (Å²) in [5.41, 5.74) is -0.643. The van der Waals surface area contributed by atoms with Crippen LogP contribution in [0.4, 0.5) is 19.3 Å². The van der Waals surface area contributed by atoms with Crippen LogP contribution < -0.4 is 9.44 Å². The van der Waals surface area contributed by atoms with E-state index in [9.17, 15) is 22.0 Å². The van der Waals surface area contributed by atoms with Crippen LogP contribution >= 0.6 is 15.9 Å². The number of anilines is 1. The molecule has 2 N–H and O–H groups in total. The molecule has 0 aromatic heterocycles. The number of ether oxygens (including phenoxy) is 1. The maximum absolute atomic E-state index is 13.4. The van der Waals surface area contributed by atoms with Gasteiger partial charge in [0.1, 0.15) is 11.6 Å². The first-order chi connectivity index (χ1) is 9.10. The van der Waals surface area contributed by atoms with E-state index >= 15 is 0 Å². The topological polar surface area (TPSA) is 84.5 Å². The highest BCUT2D eigenvalue weighted by Crippen LogP contribution is 2.23. The zero-order chi connectivity index (χ0) is 15.5. The number of halogens is 3. The predicted molar refractivity (Wildman–Crippen MR) is 71.4 cm³/mol. The van der Waals surface area contributed by atoms with Crippen molar-refractivity contribution in [1.82, 2.24) is 4.72 Å². The molecule has 0 aliphatic rings. The summed E-state index contributed by atoms with van der Waals surface area (Å²) in [4.78, 5) is 11.1. The van der Waals surface area contributed by atoms with Crippen molar-refractivity contribution in [2.24, 2.45) is 0 Å². The molecule has 0 aliphatic carbocycles. The molecule has 0 spiro atoms. The summed E-state index contributed by atoms with van der Waals surface area (Å²) in [6, 6.07) is 1.38. The van der Waals surface area contributed by atoms with E-state index in [-0.39, 0.29) is 4.47 Å². The Hall–Kier alpha value is -1.42. The van der Waals surface area contributed by atoms with Crippen LogP contribution in [0.5, 0.6) is 0 Å². The Bertz CT molecular complexity index is 622. The molecule has 112 valence electrons. The van der Waals surface area contributed by atoms with E-state index in [1.54, 1.807) is 4.72 Å². The molecule has 1 rings (SSSR count). The number of hydrogen-bond acceptors (Lipinski definition) is 4. The first-order valence-electron chi connectivity index (χ1n) is 5.26. The Labute approximate surface area is 122 Å². The van der Waals surface area contributed by atoms with Gasteiger partial charge in [-0.15, -0.1) is 0 Å². The molecule has 1 aromatic carbocycles.